The van der Waals surface area contributed by atoms with Crippen molar-refractivity contribution in [2.75, 3.05) is 0 Å². The molecule has 2 rings (SSSR count). The maximum atomic E-state index is 13.3. The highest BCUT2D eigenvalue weighted by molar-refractivity contribution is 5.78. The van der Waals surface area contributed by atoms with Crippen LogP contribution in [0.2, 0.25) is 0 Å². The van der Waals surface area contributed by atoms with Crippen molar-refractivity contribution in [2.45, 2.75) is 0 Å². The fraction of sp³-hybridized carbons (Fsp3) is 0. The summed E-state index contributed by atoms with van der Waals surface area (Å²) in [4.78, 5) is 13.4. The van der Waals surface area contributed by atoms with Gasteiger partial charge in [0.05, 0.1) is 0 Å². The second kappa shape index (κ2) is 3.46. The first-order valence-corrected chi connectivity index (χ1v) is 4.20. The summed E-state index contributed by atoms with van der Waals surface area (Å²) in [5, 5.41) is 0. The van der Waals surface area contributed by atoms with Crippen molar-refractivity contribution < 1.29 is 9.18 Å². The smallest absolute Gasteiger partial charge is 0.150 e. The van der Waals surface area contributed by atoms with Crippen molar-refractivity contribution in [3.63, 3.8) is 0 Å². The van der Waals surface area contributed by atoms with Crippen LogP contribution in [0.25, 0.3) is 11.3 Å². The molecule has 0 aliphatic heterocycles. The van der Waals surface area contributed by atoms with E-state index in [0.717, 1.165) is 0 Å². The molecule has 1 N–H and O–H groups in total. The molecule has 70 valence electrons. The van der Waals surface area contributed by atoms with Crippen LogP contribution in [-0.2, 0) is 0 Å². The Bertz CT molecular complexity index is 448. The molecule has 0 bridgehead atoms. The predicted molar refractivity (Wildman–Crippen MR) is 51.6 cm³/mol. The number of rotatable bonds is 2. The van der Waals surface area contributed by atoms with E-state index in [4.69, 9.17) is 0 Å². The Morgan fingerprint density at radius 3 is 2.79 bits per heavy atom. The molecule has 0 fully saturated rings. The summed E-state index contributed by atoms with van der Waals surface area (Å²) in [6.07, 6.45) is 2.41. The van der Waals surface area contributed by atoms with Gasteiger partial charge >= 0.3 is 0 Å². The summed E-state index contributed by atoms with van der Waals surface area (Å²) < 4.78 is 13.3. The van der Waals surface area contributed by atoms with Gasteiger partial charge in [-0.2, -0.15) is 0 Å². The molecule has 1 heterocycles. The lowest BCUT2D eigenvalue weighted by Crippen LogP contribution is -1.87. The summed E-state index contributed by atoms with van der Waals surface area (Å²) in [6, 6.07) is 7.80. The molecule has 0 atom stereocenters. The van der Waals surface area contributed by atoms with E-state index in [1.165, 1.54) is 18.2 Å². The largest absolute Gasteiger partial charge is 0.361 e. The second-order valence-electron chi connectivity index (χ2n) is 2.94. The molecule has 0 amide bonds. The highest BCUT2D eigenvalue weighted by atomic mass is 19.1. The number of H-pyrrole nitrogens is 1. The summed E-state index contributed by atoms with van der Waals surface area (Å²) in [6.45, 7) is 0. The molecular formula is C11H8FNO. The zero-order chi connectivity index (χ0) is 9.97. The van der Waals surface area contributed by atoms with Gasteiger partial charge in [-0.25, -0.2) is 4.39 Å². The summed E-state index contributed by atoms with van der Waals surface area (Å²) in [7, 11) is 0. The van der Waals surface area contributed by atoms with Gasteiger partial charge in [-0.05, 0) is 30.3 Å². The van der Waals surface area contributed by atoms with E-state index in [-0.39, 0.29) is 5.82 Å². The third kappa shape index (κ3) is 1.44. The number of halogens is 1. The highest BCUT2D eigenvalue weighted by Crippen LogP contribution is 2.21. The van der Waals surface area contributed by atoms with Gasteiger partial charge in [0.25, 0.3) is 0 Å². The van der Waals surface area contributed by atoms with Crippen molar-refractivity contribution in [3.05, 3.63) is 47.9 Å². The molecule has 0 aliphatic carbocycles. The van der Waals surface area contributed by atoms with E-state index in [1.807, 2.05) is 0 Å². The third-order valence-electron chi connectivity index (χ3n) is 2.01. The monoisotopic (exact) mass is 189 g/mol. The van der Waals surface area contributed by atoms with Gasteiger partial charge in [-0.3, -0.25) is 4.79 Å². The average molecular weight is 189 g/mol. The van der Waals surface area contributed by atoms with Crippen molar-refractivity contribution in [2.24, 2.45) is 0 Å². The second-order valence-corrected chi connectivity index (χ2v) is 2.94. The van der Waals surface area contributed by atoms with E-state index in [1.54, 1.807) is 18.3 Å². The number of benzene rings is 1. The first-order chi connectivity index (χ1) is 6.81. The standard InChI is InChI=1S/C11H8FNO/c12-10-4-3-8(7-14)6-9(10)11-2-1-5-13-11/h1-7,13H. The number of carbonyl (C=O) groups excluding carboxylic acids is 1. The SMILES string of the molecule is O=Cc1ccc(F)c(-c2ccc[nH]2)c1. The lowest BCUT2D eigenvalue weighted by Gasteiger charge is -2.00. The molecule has 0 aliphatic rings. The zero-order valence-electron chi connectivity index (χ0n) is 7.33. The number of nitrogens with one attached hydrogen (secondary N) is 1. The number of hydrogen-bond donors (Lipinski definition) is 1. The molecule has 0 radical (unpaired) electrons. The first-order valence-electron chi connectivity index (χ1n) is 4.20. The van der Waals surface area contributed by atoms with Crippen LogP contribution in [0.3, 0.4) is 0 Å². The van der Waals surface area contributed by atoms with Crippen LogP contribution in [0.4, 0.5) is 4.39 Å². The fourth-order valence-corrected chi connectivity index (χ4v) is 1.32. The Hall–Kier alpha value is -1.90. The fourth-order valence-electron chi connectivity index (χ4n) is 1.32. The number of hydrogen-bond acceptors (Lipinski definition) is 1. The molecule has 1 aromatic heterocycles. The molecule has 0 saturated heterocycles. The van der Waals surface area contributed by atoms with Gasteiger partial charge in [0.15, 0.2) is 0 Å². The topological polar surface area (TPSA) is 32.9 Å². The van der Waals surface area contributed by atoms with Gasteiger partial charge in [0, 0.05) is 23.0 Å². The van der Waals surface area contributed by atoms with Crippen molar-refractivity contribution in [1.29, 1.82) is 0 Å². The Morgan fingerprint density at radius 2 is 2.14 bits per heavy atom. The minimum atomic E-state index is -0.335. The maximum absolute atomic E-state index is 13.3. The van der Waals surface area contributed by atoms with Crippen molar-refractivity contribution in [1.82, 2.24) is 4.98 Å². The highest BCUT2D eigenvalue weighted by Gasteiger charge is 2.05. The minimum Gasteiger partial charge on any atom is -0.361 e. The van der Waals surface area contributed by atoms with Crippen LogP contribution in [-0.4, -0.2) is 11.3 Å². The van der Waals surface area contributed by atoms with Gasteiger partial charge in [-0.1, -0.05) is 0 Å². The normalized spacial score (nSPS) is 10.1. The van der Waals surface area contributed by atoms with Gasteiger partial charge in [0.1, 0.15) is 12.1 Å². The lowest BCUT2D eigenvalue weighted by atomic mass is 10.1. The van der Waals surface area contributed by atoms with E-state index < -0.39 is 0 Å². The van der Waals surface area contributed by atoms with Crippen LogP contribution in [0.5, 0.6) is 0 Å². The Morgan fingerprint density at radius 1 is 1.29 bits per heavy atom. The predicted octanol–water partition coefficient (Wildman–Crippen LogP) is 2.63. The van der Waals surface area contributed by atoms with Crippen LogP contribution in [0, 0.1) is 5.82 Å². The van der Waals surface area contributed by atoms with Crippen LogP contribution in [0.1, 0.15) is 10.4 Å². The van der Waals surface area contributed by atoms with Gasteiger partial charge in [-0.15, -0.1) is 0 Å². The summed E-state index contributed by atoms with van der Waals surface area (Å²) in [5.74, 6) is -0.335. The van der Waals surface area contributed by atoms with E-state index in [0.29, 0.717) is 23.1 Å². The van der Waals surface area contributed by atoms with Crippen LogP contribution in [0.15, 0.2) is 36.5 Å². The quantitative estimate of drug-likeness (QED) is 0.724. The number of aromatic amines is 1. The molecule has 3 heteroatoms. The Balaban J connectivity index is 2.57. The van der Waals surface area contributed by atoms with E-state index in [2.05, 4.69) is 4.98 Å². The minimum absolute atomic E-state index is 0.335. The molecule has 1 aromatic carbocycles. The first kappa shape index (κ1) is 8.69. The molecule has 0 spiro atoms. The Labute approximate surface area is 80.4 Å². The molecule has 0 unspecified atom stereocenters. The van der Waals surface area contributed by atoms with Crippen molar-refractivity contribution >= 4 is 6.29 Å². The molecule has 2 aromatic rings. The Kier molecular flexibility index (Phi) is 2.14. The molecule has 14 heavy (non-hydrogen) atoms. The average Bonchev–Trinajstić information content (AvgIpc) is 2.71. The summed E-state index contributed by atoms with van der Waals surface area (Å²) >= 11 is 0. The van der Waals surface area contributed by atoms with Gasteiger partial charge < -0.3 is 4.98 Å². The number of carbonyl (C=O) groups is 1. The van der Waals surface area contributed by atoms with Gasteiger partial charge in [0.2, 0.25) is 0 Å². The third-order valence-corrected chi connectivity index (χ3v) is 2.01. The molecule has 2 nitrogen and oxygen atoms in total. The molecular weight excluding hydrogens is 181 g/mol. The number of aldehydes is 1. The zero-order valence-corrected chi connectivity index (χ0v) is 7.33. The summed E-state index contributed by atoms with van der Waals surface area (Å²) in [5.41, 5.74) is 1.56. The maximum Gasteiger partial charge on any atom is 0.150 e. The number of aromatic nitrogens is 1. The molecule has 0 saturated carbocycles. The van der Waals surface area contributed by atoms with Crippen molar-refractivity contribution in [3.8, 4) is 11.3 Å². The van der Waals surface area contributed by atoms with Crippen LogP contribution < -0.4 is 0 Å². The van der Waals surface area contributed by atoms with E-state index in [9.17, 15) is 9.18 Å². The van der Waals surface area contributed by atoms with E-state index >= 15 is 0 Å². The van der Waals surface area contributed by atoms with Crippen LogP contribution >= 0.6 is 0 Å². The lowest BCUT2D eigenvalue weighted by molar-refractivity contribution is 0.112.